The van der Waals surface area contributed by atoms with Crippen LogP contribution in [0.2, 0.25) is 0 Å². The van der Waals surface area contributed by atoms with Gasteiger partial charge in [0.15, 0.2) is 23.3 Å². The molecule has 2 rings (SSSR count). The van der Waals surface area contributed by atoms with Gasteiger partial charge in [0.05, 0.1) is 11.5 Å². The molecule has 0 heterocycles. The molecule has 23 heavy (non-hydrogen) atoms. The molecule has 0 aliphatic heterocycles. The van der Waals surface area contributed by atoms with E-state index in [-0.39, 0.29) is 16.5 Å². The van der Waals surface area contributed by atoms with Crippen LogP contribution in [0.3, 0.4) is 0 Å². The minimum Gasteiger partial charge on any atom is -0.460 e. The molecule has 0 amide bonds. The summed E-state index contributed by atoms with van der Waals surface area (Å²) in [5.41, 5.74) is -1.46. The highest BCUT2D eigenvalue weighted by atomic mass is 35.5. The molecule has 0 N–H and O–H groups in total. The lowest BCUT2D eigenvalue weighted by Crippen LogP contribution is -2.13. The number of rotatable bonds is 4. The molecule has 1 saturated carbocycles. The van der Waals surface area contributed by atoms with Gasteiger partial charge in [0, 0.05) is 6.07 Å². The zero-order chi connectivity index (χ0) is 17.5. The SMILES string of the molecule is CC1(C)C(C(=O)OCc2c(F)c(F)cc(F)c2F)[C@H]1C=C(Cl)Cl. The van der Waals surface area contributed by atoms with Crippen LogP contribution in [-0.2, 0) is 16.1 Å². The fourth-order valence-electron chi connectivity index (χ4n) is 2.56. The monoisotopic (exact) mass is 370 g/mol. The van der Waals surface area contributed by atoms with E-state index < -0.39 is 52.7 Å². The Morgan fingerprint density at radius 3 is 2.22 bits per heavy atom. The topological polar surface area (TPSA) is 26.3 Å². The third-order valence-corrected chi connectivity index (χ3v) is 4.28. The first-order chi connectivity index (χ1) is 10.6. The summed E-state index contributed by atoms with van der Waals surface area (Å²) in [6, 6.07) is 0.0866. The first-order valence-electron chi connectivity index (χ1n) is 6.58. The van der Waals surface area contributed by atoms with Crippen molar-refractivity contribution in [2.45, 2.75) is 20.5 Å². The molecular formula is C15H12Cl2F4O2. The molecule has 8 heteroatoms. The van der Waals surface area contributed by atoms with Crippen LogP contribution in [0, 0.1) is 40.5 Å². The Hall–Kier alpha value is -1.27. The van der Waals surface area contributed by atoms with Crippen molar-refractivity contribution in [1.29, 1.82) is 0 Å². The highest BCUT2D eigenvalue weighted by Crippen LogP contribution is 2.60. The predicted molar refractivity (Wildman–Crippen MR) is 76.6 cm³/mol. The number of carbonyl (C=O) groups excluding carboxylic acids is 1. The summed E-state index contributed by atoms with van der Waals surface area (Å²) in [5.74, 6) is -7.96. The fourth-order valence-corrected chi connectivity index (χ4v) is 2.83. The van der Waals surface area contributed by atoms with E-state index in [9.17, 15) is 22.4 Å². The van der Waals surface area contributed by atoms with Gasteiger partial charge in [-0.15, -0.1) is 0 Å². The van der Waals surface area contributed by atoms with E-state index >= 15 is 0 Å². The Bertz CT molecular complexity index is 658. The molecule has 1 unspecified atom stereocenters. The highest BCUT2D eigenvalue weighted by molar-refractivity contribution is 6.55. The Morgan fingerprint density at radius 1 is 1.22 bits per heavy atom. The lowest BCUT2D eigenvalue weighted by Gasteiger charge is -2.09. The molecule has 0 spiro atoms. The van der Waals surface area contributed by atoms with Crippen LogP contribution in [-0.4, -0.2) is 5.97 Å². The molecule has 0 aromatic heterocycles. The van der Waals surface area contributed by atoms with Gasteiger partial charge < -0.3 is 4.74 Å². The smallest absolute Gasteiger partial charge is 0.310 e. The van der Waals surface area contributed by atoms with Gasteiger partial charge in [-0.25, -0.2) is 17.6 Å². The molecule has 1 aliphatic carbocycles. The van der Waals surface area contributed by atoms with Crippen LogP contribution in [0.25, 0.3) is 0 Å². The zero-order valence-corrected chi connectivity index (χ0v) is 13.6. The second kappa shape index (κ2) is 6.32. The van der Waals surface area contributed by atoms with E-state index in [1.807, 2.05) is 0 Å². The first-order valence-corrected chi connectivity index (χ1v) is 7.34. The fraction of sp³-hybridized carbons (Fsp3) is 0.400. The van der Waals surface area contributed by atoms with Gasteiger partial charge >= 0.3 is 5.97 Å². The maximum Gasteiger partial charge on any atom is 0.310 e. The van der Waals surface area contributed by atoms with E-state index in [1.165, 1.54) is 6.08 Å². The number of benzene rings is 1. The van der Waals surface area contributed by atoms with Gasteiger partial charge in [0.1, 0.15) is 11.1 Å². The Kier molecular flexibility index (Phi) is 4.97. The van der Waals surface area contributed by atoms with E-state index in [4.69, 9.17) is 27.9 Å². The zero-order valence-electron chi connectivity index (χ0n) is 12.1. The Labute approximate surface area is 140 Å². The summed E-state index contributed by atoms with van der Waals surface area (Å²) in [5, 5.41) is 0. The molecule has 0 bridgehead atoms. The summed E-state index contributed by atoms with van der Waals surface area (Å²) in [7, 11) is 0. The van der Waals surface area contributed by atoms with Crippen molar-refractivity contribution in [2.75, 3.05) is 0 Å². The minimum atomic E-state index is -1.59. The van der Waals surface area contributed by atoms with E-state index in [0.717, 1.165) is 0 Å². The number of allylic oxidation sites excluding steroid dienone is 1. The van der Waals surface area contributed by atoms with Crippen molar-refractivity contribution in [3.05, 3.63) is 45.5 Å². The van der Waals surface area contributed by atoms with Crippen LogP contribution in [0.5, 0.6) is 0 Å². The van der Waals surface area contributed by atoms with Crippen molar-refractivity contribution in [3.8, 4) is 0 Å². The summed E-state index contributed by atoms with van der Waals surface area (Å²) in [6.45, 7) is 2.61. The number of halogens is 6. The molecule has 1 aromatic rings. The molecule has 126 valence electrons. The number of ether oxygens (including phenoxy) is 1. The number of hydrogen-bond acceptors (Lipinski definition) is 2. The first kappa shape index (κ1) is 18.1. The quantitative estimate of drug-likeness (QED) is 0.429. The third kappa shape index (κ3) is 3.48. The lowest BCUT2D eigenvalue weighted by atomic mass is 10.1. The molecule has 1 aliphatic rings. The summed E-state index contributed by atoms with van der Waals surface area (Å²) in [6.07, 6.45) is 1.47. The van der Waals surface area contributed by atoms with E-state index in [0.29, 0.717) is 0 Å². The van der Waals surface area contributed by atoms with Crippen LogP contribution < -0.4 is 0 Å². The van der Waals surface area contributed by atoms with Crippen molar-refractivity contribution in [2.24, 2.45) is 17.3 Å². The lowest BCUT2D eigenvalue weighted by molar-refractivity contribution is -0.147. The van der Waals surface area contributed by atoms with Gasteiger partial charge in [0.25, 0.3) is 0 Å². The second-order valence-electron chi connectivity index (χ2n) is 5.84. The van der Waals surface area contributed by atoms with Crippen molar-refractivity contribution in [3.63, 3.8) is 0 Å². The van der Waals surface area contributed by atoms with Gasteiger partial charge in [-0.3, -0.25) is 4.79 Å². The standard InChI is InChI=1S/C15H12Cl2F4O2/c1-15(2)7(3-10(16)17)11(15)14(22)23-5-6-12(20)8(18)4-9(19)13(6)21/h3-4,7,11H,5H2,1-2H3/t7-,11?/m1/s1. The molecule has 1 aromatic carbocycles. The van der Waals surface area contributed by atoms with E-state index in [2.05, 4.69) is 0 Å². The van der Waals surface area contributed by atoms with Crippen LogP contribution in [0.1, 0.15) is 19.4 Å². The predicted octanol–water partition coefficient (Wildman–Crippen LogP) is 4.88. The van der Waals surface area contributed by atoms with Crippen molar-refractivity contribution in [1.82, 2.24) is 0 Å². The van der Waals surface area contributed by atoms with Gasteiger partial charge in [-0.1, -0.05) is 37.0 Å². The molecule has 2 nitrogen and oxygen atoms in total. The second-order valence-corrected chi connectivity index (χ2v) is 6.84. The largest absolute Gasteiger partial charge is 0.460 e. The van der Waals surface area contributed by atoms with E-state index in [1.54, 1.807) is 13.8 Å². The maximum atomic E-state index is 13.5. The number of esters is 1. The Morgan fingerprint density at radius 2 is 1.74 bits per heavy atom. The molecule has 1 fully saturated rings. The average Bonchev–Trinajstić information content (AvgIpc) is 2.96. The number of hydrogen-bond donors (Lipinski definition) is 0. The minimum absolute atomic E-state index is 0.0114. The molecular weight excluding hydrogens is 359 g/mol. The van der Waals surface area contributed by atoms with Crippen LogP contribution >= 0.6 is 23.2 Å². The van der Waals surface area contributed by atoms with Crippen LogP contribution in [0.15, 0.2) is 16.6 Å². The summed E-state index contributed by atoms with van der Waals surface area (Å²) < 4.78 is 57.9. The van der Waals surface area contributed by atoms with Crippen molar-refractivity contribution >= 4 is 29.2 Å². The number of carbonyl (C=O) groups is 1. The molecule has 0 radical (unpaired) electrons. The normalized spacial score (nSPS) is 21.7. The molecule has 2 atom stereocenters. The van der Waals surface area contributed by atoms with Crippen molar-refractivity contribution < 1.29 is 27.1 Å². The van der Waals surface area contributed by atoms with Gasteiger partial charge in [0.2, 0.25) is 0 Å². The highest BCUT2D eigenvalue weighted by Gasteiger charge is 2.61. The van der Waals surface area contributed by atoms with Gasteiger partial charge in [-0.05, 0) is 17.4 Å². The van der Waals surface area contributed by atoms with Crippen LogP contribution in [0.4, 0.5) is 17.6 Å². The average molecular weight is 371 g/mol. The third-order valence-electron chi connectivity index (χ3n) is 4.03. The maximum absolute atomic E-state index is 13.5. The molecule has 0 saturated heterocycles. The van der Waals surface area contributed by atoms with Gasteiger partial charge in [-0.2, -0.15) is 0 Å². The Balaban J connectivity index is 2.11. The summed E-state index contributed by atoms with van der Waals surface area (Å²) >= 11 is 11.1. The summed E-state index contributed by atoms with van der Waals surface area (Å²) in [4.78, 5) is 12.0.